The largest absolute Gasteiger partial charge is 0.496 e. The predicted molar refractivity (Wildman–Crippen MR) is 128 cm³/mol. The molecule has 0 radical (unpaired) electrons. The summed E-state index contributed by atoms with van der Waals surface area (Å²) in [5.74, 6) is 1.29. The first-order chi connectivity index (χ1) is 15.4. The van der Waals surface area contributed by atoms with Gasteiger partial charge >= 0.3 is 0 Å². The lowest BCUT2D eigenvalue weighted by Crippen LogP contribution is -2.26. The average Bonchev–Trinajstić information content (AvgIpc) is 3.01. The number of methoxy groups -OCH3 is 1. The van der Waals surface area contributed by atoms with Gasteiger partial charge in [-0.05, 0) is 18.6 Å². The molecule has 1 fully saturated rings. The number of amides is 1. The first kappa shape index (κ1) is 23.6. The van der Waals surface area contributed by atoms with E-state index in [0.29, 0.717) is 24.4 Å². The average molecular weight is 441 g/mol. The number of nitrogens with zero attached hydrogens (tertiary/aromatic N) is 3. The van der Waals surface area contributed by atoms with Crippen molar-refractivity contribution in [3.8, 4) is 5.75 Å². The van der Waals surface area contributed by atoms with Crippen LogP contribution in [0.5, 0.6) is 5.75 Å². The molecule has 2 heterocycles. The van der Waals surface area contributed by atoms with Gasteiger partial charge in [0.2, 0.25) is 5.91 Å². The highest BCUT2D eigenvalue weighted by atomic mass is 16.5. The third-order valence-electron chi connectivity index (χ3n) is 5.42. The van der Waals surface area contributed by atoms with Crippen molar-refractivity contribution in [2.45, 2.75) is 19.1 Å². The van der Waals surface area contributed by atoms with Gasteiger partial charge in [-0.2, -0.15) is 0 Å². The highest BCUT2D eigenvalue weighted by Crippen LogP contribution is 2.40. The van der Waals surface area contributed by atoms with E-state index in [1.807, 2.05) is 6.07 Å². The zero-order valence-electron chi connectivity index (χ0n) is 19.0. The van der Waals surface area contributed by atoms with Crippen molar-refractivity contribution in [3.05, 3.63) is 54.2 Å². The second-order valence-corrected chi connectivity index (χ2v) is 7.81. The molecule has 0 aliphatic carbocycles. The van der Waals surface area contributed by atoms with Gasteiger partial charge in [0.05, 0.1) is 25.1 Å². The number of hydrogen-bond acceptors (Lipinski definition) is 6. The smallest absolute Gasteiger partial charge is 0.246 e. The summed E-state index contributed by atoms with van der Waals surface area (Å²) >= 11 is 0. The van der Waals surface area contributed by atoms with Crippen molar-refractivity contribution in [3.63, 3.8) is 0 Å². The van der Waals surface area contributed by atoms with E-state index in [1.54, 1.807) is 33.4 Å². The zero-order chi connectivity index (χ0) is 23.1. The number of aliphatic imine (C=N–C) groups is 1. The molecule has 1 aromatic rings. The number of rotatable bonds is 7. The van der Waals surface area contributed by atoms with E-state index in [9.17, 15) is 9.90 Å². The topological polar surface area (TPSA) is 86.6 Å². The summed E-state index contributed by atoms with van der Waals surface area (Å²) in [5.41, 5.74) is 3.55. The molecule has 8 heteroatoms. The number of nitrogens with one attached hydrogen (secondary N) is 1. The lowest BCUT2D eigenvalue weighted by Gasteiger charge is -2.25. The van der Waals surface area contributed by atoms with Crippen LogP contribution in [0.1, 0.15) is 12.0 Å². The normalized spacial score (nSPS) is 18.8. The number of carbonyl (C=O) groups is 1. The Morgan fingerprint density at radius 3 is 2.91 bits per heavy atom. The van der Waals surface area contributed by atoms with Crippen LogP contribution in [0.3, 0.4) is 0 Å². The Morgan fingerprint density at radius 1 is 1.38 bits per heavy atom. The van der Waals surface area contributed by atoms with Crippen LogP contribution in [0, 0.1) is 0 Å². The molecule has 0 bridgehead atoms. The fourth-order valence-electron chi connectivity index (χ4n) is 3.68. The first-order valence-electron chi connectivity index (χ1n) is 10.7. The fourth-order valence-corrected chi connectivity index (χ4v) is 3.68. The molecule has 0 aromatic heterocycles. The zero-order valence-corrected chi connectivity index (χ0v) is 19.0. The third-order valence-corrected chi connectivity index (χ3v) is 5.42. The number of amidine groups is 1. The minimum Gasteiger partial charge on any atom is -0.496 e. The van der Waals surface area contributed by atoms with E-state index in [2.05, 4.69) is 27.9 Å². The van der Waals surface area contributed by atoms with Gasteiger partial charge in [-0.3, -0.25) is 4.79 Å². The van der Waals surface area contributed by atoms with Crippen molar-refractivity contribution < 1.29 is 19.4 Å². The van der Waals surface area contributed by atoms with E-state index in [4.69, 9.17) is 9.47 Å². The summed E-state index contributed by atoms with van der Waals surface area (Å²) in [7, 11) is 5.01. The van der Waals surface area contributed by atoms with Crippen LogP contribution in [0.4, 0.5) is 11.4 Å². The van der Waals surface area contributed by atoms with Gasteiger partial charge in [-0.15, -0.1) is 0 Å². The van der Waals surface area contributed by atoms with Crippen LogP contribution < -0.4 is 15.0 Å². The summed E-state index contributed by atoms with van der Waals surface area (Å²) in [6.45, 7) is 6.95. The maximum absolute atomic E-state index is 11.7. The number of aliphatic hydroxyl groups is 1. The van der Waals surface area contributed by atoms with E-state index < -0.39 is 6.23 Å². The lowest BCUT2D eigenvalue weighted by molar-refractivity contribution is -0.123. The summed E-state index contributed by atoms with van der Waals surface area (Å²) < 4.78 is 11.2. The first-order valence-corrected chi connectivity index (χ1v) is 10.7. The highest BCUT2D eigenvalue weighted by Gasteiger charge is 2.27. The molecule has 0 spiro atoms. The van der Waals surface area contributed by atoms with Gasteiger partial charge in [0, 0.05) is 57.4 Å². The molecule has 32 heavy (non-hydrogen) atoms. The van der Waals surface area contributed by atoms with Crippen LogP contribution in [0.15, 0.2) is 53.6 Å². The number of ether oxygens (including phenoxy) is 2. The highest BCUT2D eigenvalue weighted by molar-refractivity contribution is 6.07. The Morgan fingerprint density at radius 2 is 2.19 bits per heavy atom. The van der Waals surface area contributed by atoms with E-state index >= 15 is 0 Å². The number of benzene rings is 1. The van der Waals surface area contributed by atoms with Gasteiger partial charge in [0.1, 0.15) is 11.6 Å². The fraction of sp³-hybridized carbons (Fsp3) is 0.417. The van der Waals surface area contributed by atoms with Crippen molar-refractivity contribution >= 4 is 23.1 Å². The van der Waals surface area contributed by atoms with Gasteiger partial charge in [-0.25, -0.2) is 4.99 Å². The molecule has 2 aliphatic heterocycles. The number of allylic oxidation sites excluding steroid dienone is 2. The summed E-state index contributed by atoms with van der Waals surface area (Å²) in [5, 5.41) is 14.0. The van der Waals surface area contributed by atoms with Crippen LogP contribution in [0.2, 0.25) is 0 Å². The molecule has 0 saturated carbocycles. The number of carbonyl (C=O) groups excluding carboxylic acids is 1. The van der Waals surface area contributed by atoms with Crippen LogP contribution in [-0.4, -0.2) is 75.5 Å². The number of fused-ring (bicyclic) bond motifs is 1. The Bertz CT molecular complexity index is 928. The maximum atomic E-state index is 11.7. The Kier molecular flexibility index (Phi) is 8.08. The minimum atomic E-state index is -1.11. The second kappa shape index (κ2) is 11.0. The molecule has 1 atom stereocenters. The van der Waals surface area contributed by atoms with E-state index in [0.717, 1.165) is 48.8 Å². The van der Waals surface area contributed by atoms with Gasteiger partial charge < -0.3 is 29.7 Å². The quantitative estimate of drug-likeness (QED) is 0.500. The molecule has 1 aromatic carbocycles. The molecular weight excluding hydrogens is 408 g/mol. The summed E-state index contributed by atoms with van der Waals surface area (Å²) in [4.78, 5) is 19.9. The van der Waals surface area contributed by atoms with Crippen molar-refractivity contribution in [1.82, 2.24) is 4.90 Å². The number of anilines is 2. The van der Waals surface area contributed by atoms with Crippen LogP contribution >= 0.6 is 0 Å². The Labute approximate surface area is 189 Å². The molecule has 3 rings (SSSR count). The van der Waals surface area contributed by atoms with Crippen LogP contribution in [0.25, 0.3) is 0 Å². The number of hydrogen-bond donors (Lipinski definition) is 2. The summed E-state index contributed by atoms with van der Waals surface area (Å²) in [6, 6.07) is 4.03. The second-order valence-electron chi connectivity index (χ2n) is 7.81. The molecule has 2 aliphatic rings. The molecule has 8 nitrogen and oxygen atoms in total. The SMILES string of the molecule is C=C/C(=C\C=C\C(=O)N(C)C)C(O)N=C1Cc2c(OC)ccc(N3CCCOCC3)c2N1. The molecule has 1 saturated heterocycles. The Balaban J connectivity index is 1.82. The monoisotopic (exact) mass is 440 g/mol. The number of aliphatic hydroxyl groups excluding tert-OH is 1. The number of likely N-dealkylation sites (N-methyl/N-ethyl adjacent to an activating group) is 1. The third kappa shape index (κ3) is 5.57. The van der Waals surface area contributed by atoms with E-state index in [-0.39, 0.29) is 5.91 Å². The van der Waals surface area contributed by atoms with Gasteiger partial charge in [-0.1, -0.05) is 24.8 Å². The molecule has 2 N–H and O–H groups in total. The van der Waals surface area contributed by atoms with Crippen molar-refractivity contribution in [1.29, 1.82) is 0 Å². The van der Waals surface area contributed by atoms with Crippen molar-refractivity contribution in [2.24, 2.45) is 4.99 Å². The molecule has 172 valence electrons. The Hall–Kier alpha value is -3.10. The van der Waals surface area contributed by atoms with Gasteiger partial charge in [0.15, 0.2) is 6.23 Å². The minimum absolute atomic E-state index is 0.142. The van der Waals surface area contributed by atoms with Crippen molar-refractivity contribution in [2.75, 3.05) is 57.7 Å². The van der Waals surface area contributed by atoms with E-state index in [1.165, 1.54) is 17.1 Å². The lowest BCUT2D eigenvalue weighted by atomic mass is 10.1. The standard InChI is InChI=1S/C24H32N4O4/c1-5-17(8-6-9-22(29)27(2)3)24(30)26-21-16-18-20(31-4)11-10-19(23(18)25-21)28-12-7-14-32-15-13-28/h5-6,8-11,24,30H,1,7,12-16H2,2-4H3,(H,25,26)/b9-6+,17-8+. The maximum Gasteiger partial charge on any atom is 0.246 e. The van der Waals surface area contributed by atoms with Gasteiger partial charge in [0.25, 0.3) is 0 Å². The molecular formula is C24H32N4O4. The summed E-state index contributed by atoms with van der Waals surface area (Å²) in [6.07, 6.45) is 6.56. The molecule has 1 unspecified atom stereocenters. The predicted octanol–water partition coefficient (Wildman–Crippen LogP) is 2.36. The molecule has 1 amide bonds. The van der Waals surface area contributed by atoms with Crippen LogP contribution in [-0.2, 0) is 16.0 Å².